The molecule has 0 radical (unpaired) electrons. The van der Waals surface area contributed by atoms with Crippen LogP contribution in [0.2, 0.25) is 20.1 Å². The Morgan fingerprint density at radius 1 is 0.615 bits per heavy atom. The number of nitriles is 1. The third kappa shape index (κ3) is 27.8. The molecule has 0 bridgehead atoms. The number of hydrogen-bond donors (Lipinski definition) is 9. The molecule has 576 valence electrons. The number of alkyl carbamates (subject to hydrolysis) is 1. The molecule has 9 aromatic rings. The van der Waals surface area contributed by atoms with E-state index in [1.54, 1.807) is 18.3 Å². The summed E-state index contributed by atoms with van der Waals surface area (Å²) in [6.45, 7) is -9.00. The Hall–Kier alpha value is -11.2. The third-order valence-corrected chi connectivity index (χ3v) is 13.1. The van der Waals surface area contributed by atoms with Gasteiger partial charge in [-0.3, -0.25) is 44.5 Å². The SMILES string of the molecule is C.C.C.CC(=O)[O-].[2H]C([2H])([2H])C(c1cc(Oc2c(C)cc(N)cc2Cl)n[nH]c1=O)C([2H])([2H])[2H].[2H]c1c(C)c(Oc2cc(C(C([2H])([2H])[2H])C([2H])([2H])[2H])c(=O)[nH]n2)c(Cl)c([2H])c1-n1nc([N+]#[C-])c(=O)[nH]c1=O.[2H]c1c(C)c(Oc2cc(C(C([2H])([2H])[2H])C([2H])([2H])[2H])c(=O)[nH]n2)c(Cl)c([2H])c1N.[2H]c1c(C)c(Oc2cc(C(C([2H])([2H])[2H])C([2H])([2H])[2H])c(=O)[nH]n2)c(Cl)c([2H])c1N/N=C(\C#N)C(=O)NC(=O)OCC.[Na+]. The molecule has 0 fully saturated rings. The molecular weight excluding hydrogens is 1510 g/mol. The number of aromatic amines is 5. The monoisotopic (exact) mass is 1620 g/mol. The van der Waals surface area contributed by atoms with Crippen LogP contribution in [0.5, 0.6) is 46.5 Å². The van der Waals surface area contributed by atoms with Gasteiger partial charge >= 0.3 is 47.2 Å². The van der Waals surface area contributed by atoms with E-state index in [2.05, 4.69) is 50.7 Å². The molecule has 5 aromatic heterocycles. The number of amides is 2. The van der Waals surface area contributed by atoms with E-state index in [9.17, 15) is 43.6 Å². The molecule has 0 aliphatic rings. The number of anilines is 3. The van der Waals surface area contributed by atoms with Crippen molar-refractivity contribution >= 4 is 93.0 Å². The minimum Gasteiger partial charge on any atom is -0.550 e. The first kappa shape index (κ1) is 56.1. The van der Waals surface area contributed by atoms with E-state index in [4.69, 9.17) is 134 Å². The van der Waals surface area contributed by atoms with Gasteiger partial charge < -0.3 is 49.9 Å². The van der Waals surface area contributed by atoms with Gasteiger partial charge in [-0.2, -0.15) is 10.4 Å². The van der Waals surface area contributed by atoms with E-state index in [1.165, 1.54) is 39.8 Å². The zero-order valence-corrected chi connectivity index (χ0v) is 60.3. The maximum absolute atomic E-state index is 12.3. The first-order valence-corrected chi connectivity index (χ1v) is 29.9. The fraction of sp³-hybridized carbons (Fsp3) is 0.310. The summed E-state index contributed by atoms with van der Waals surface area (Å²) in [7, 11) is 0. The number of H-pyrrole nitrogens is 5. The molecule has 11 N–H and O–H groups in total. The second-order valence-corrected chi connectivity index (χ2v) is 21.4. The maximum Gasteiger partial charge on any atom is 1.00 e. The predicted molar refractivity (Wildman–Crippen MR) is 413 cm³/mol. The largest absolute Gasteiger partial charge is 1.00 e. The first-order valence-electron chi connectivity index (χ1n) is 43.4. The average molecular weight is 1620 g/mol. The smallest absolute Gasteiger partial charge is 0.550 e. The number of nitrogens with two attached hydrogens (primary N) is 2. The molecule has 0 saturated heterocycles. The summed E-state index contributed by atoms with van der Waals surface area (Å²) in [6.07, 6.45) is -1.12. The van der Waals surface area contributed by atoms with E-state index in [0.29, 0.717) is 15.9 Å². The standard InChI is InChI=1S/C20H21ClN6O5.C18H15ClN6O4.2C14H16ClN3O2.C2H4O2.3CH4.Na/c1-5-31-20(30)23-19(29)15(9-22)25-24-12-6-11(4)17(14(21)7-12)32-16-8-13(10(2)3)18(28)27-26-16;1-8(2)11-7-13(22-23-16(11)26)29-14-9(3)5-10(6-12(14)19)25-18(28)21-17(27)15(20-4)24-25;2*1-7(2)10-6-12(17-18-14(10)19)20-13-8(3)4-9(16)5-11(13)15;1-2(3)4;;;;/h6-8,10,24H,5H2,1-4H3,(H,27,28)(H,23,29,30);5-8H,1-3H3,(H,23,26)(H,21,27,28);2*4-7H,16H2,1-3H3,(H,18,19);1H3,(H,3,4);3*1H4;/q;;;;;;;;+1/p-1/b25-15+;;;;;;;;/i2D3,3D3,6D,7D;1D3,2D3,5D,6D;1D3,2D3,4D,5D;1D3,2D3;;;;;. The van der Waals surface area contributed by atoms with Gasteiger partial charge in [0.05, 0.1) is 46.3 Å². The number of aromatic nitrogens is 11. The Kier molecular flexibility index (Phi) is 22.8. The Labute approximate surface area is 710 Å². The molecule has 109 heavy (non-hydrogen) atoms. The van der Waals surface area contributed by atoms with Crippen molar-refractivity contribution in [2.75, 3.05) is 23.5 Å². The summed E-state index contributed by atoms with van der Waals surface area (Å²) < 4.78 is 257. The number of nitrogens with zero attached hydrogens (tertiary/aromatic N) is 9. The molecule has 4 aromatic carbocycles. The van der Waals surface area contributed by atoms with Gasteiger partial charge in [-0.15, -0.1) is 25.1 Å². The van der Waals surface area contributed by atoms with Crippen molar-refractivity contribution in [2.45, 2.75) is 142 Å². The van der Waals surface area contributed by atoms with Gasteiger partial charge in [0.2, 0.25) is 29.2 Å². The van der Waals surface area contributed by atoms with Crippen LogP contribution in [-0.4, -0.2) is 85.8 Å². The zero-order chi connectivity index (χ0) is 104. The van der Waals surface area contributed by atoms with Crippen LogP contribution in [0.1, 0.15) is 200 Å². The van der Waals surface area contributed by atoms with Crippen molar-refractivity contribution in [3.05, 3.63) is 211 Å². The van der Waals surface area contributed by atoms with Crippen molar-refractivity contribution < 1.29 is 114 Å². The molecule has 0 aliphatic carbocycles. The molecular formula is C71H83Cl4N18NaO15. The van der Waals surface area contributed by atoms with Crippen LogP contribution in [0.25, 0.3) is 10.5 Å². The number of carboxylic acid groups (broad SMARTS) is 1. The molecule has 0 saturated carbocycles. The fourth-order valence-corrected chi connectivity index (χ4v) is 8.64. The minimum absolute atomic E-state index is 0. The van der Waals surface area contributed by atoms with Crippen molar-refractivity contribution in [2.24, 2.45) is 5.10 Å². The molecule has 9 rings (SSSR count). The van der Waals surface area contributed by atoms with Gasteiger partial charge in [0, 0.05) is 96.8 Å². The second-order valence-electron chi connectivity index (χ2n) is 19.9. The van der Waals surface area contributed by atoms with E-state index < -0.39 is 215 Å². The number of carbonyl (C=O) groups excluding carboxylic acids is 3. The number of rotatable bonds is 17. The van der Waals surface area contributed by atoms with Crippen LogP contribution in [0.15, 0.2) is 107 Å². The van der Waals surface area contributed by atoms with Crippen molar-refractivity contribution in [1.82, 2.24) is 60.9 Å². The van der Waals surface area contributed by atoms with E-state index in [-0.39, 0.29) is 143 Å². The number of nitrogen functional groups attached to an aromatic ring is 2. The van der Waals surface area contributed by atoms with Gasteiger partial charge in [-0.05, 0) is 141 Å². The van der Waals surface area contributed by atoms with Crippen LogP contribution in [0, 0.1) is 45.6 Å². The third-order valence-electron chi connectivity index (χ3n) is 12.0. The molecule has 33 nitrogen and oxygen atoms in total. The molecule has 0 unspecified atom stereocenters. The number of aliphatic carboxylic acids is 1. The summed E-state index contributed by atoms with van der Waals surface area (Å²) in [4.78, 5) is 110. The molecule has 0 aliphatic heterocycles. The Morgan fingerprint density at radius 3 is 1.39 bits per heavy atom. The summed E-state index contributed by atoms with van der Waals surface area (Å²) in [5.41, 5.74) is 4.06. The molecule has 0 atom stereocenters. The Bertz CT molecular complexity index is 6380. The summed E-state index contributed by atoms with van der Waals surface area (Å²) in [5, 5.41) is 48.4. The van der Waals surface area contributed by atoms with Gasteiger partial charge in [0.15, 0.2) is 23.0 Å². The summed E-state index contributed by atoms with van der Waals surface area (Å²) in [6, 6.07) is 5.22. The van der Waals surface area contributed by atoms with Crippen molar-refractivity contribution in [3.8, 4) is 58.3 Å². The number of hydrazone groups is 1. The number of ether oxygens (including phenoxy) is 5. The number of carboxylic acids is 1. The summed E-state index contributed by atoms with van der Waals surface area (Å²) in [5.74, 6) is -13.6. The first-order chi connectivity index (χ1) is 61.6. The summed E-state index contributed by atoms with van der Waals surface area (Å²) >= 11 is 24.6. The second kappa shape index (κ2) is 44.2. The normalized spacial score (nSPS) is 15.2. The Balaban J connectivity index is 0.000000917. The van der Waals surface area contributed by atoms with Crippen LogP contribution < -0.4 is 109 Å². The molecule has 5 heterocycles. The Morgan fingerprint density at radius 2 is 1.00 bits per heavy atom. The van der Waals surface area contributed by atoms with Crippen LogP contribution in [0.3, 0.4) is 0 Å². The fourth-order valence-electron chi connectivity index (χ4n) is 7.50. The van der Waals surface area contributed by atoms with Gasteiger partial charge in [-0.1, -0.05) is 130 Å². The average Bonchev–Trinajstić information content (AvgIpc) is 0.783. The van der Waals surface area contributed by atoms with Gasteiger partial charge in [0.25, 0.3) is 33.7 Å². The van der Waals surface area contributed by atoms with E-state index in [1.807, 2.05) is 20.3 Å². The van der Waals surface area contributed by atoms with E-state index in [0.717, 1.165) is 31.2 Å². The zero-order valence-electron chi connectivity index (χ0n) is 85.3. The van der Waals surface area contributed by atoms with Crippen molar-refractivity contribution in [3.63, 3.8) is 0 Å². The number of halogens is 4. The predicted octanol–water partition coefficient (Wildman–Crippen LogP) is 9.77. The van der Waals surface area contributed by atoms with Crippen LogP contribution in [-0.2, 0) is 14.3 Å². The van der Waals surface area contributed by atoms with Crippen molar-refractivity contribution in [1.29, 1.82) is 5.26 Å². The van der Waals surface area contributed by atoms with Crippen LogP contribution in [0.4, 0.5) is 27.7 Å². The minimum atomic E-state index is -3.09. The topological polar surface area (TPSA) is 488 Å². The maximum atomic E-state index is 12.3. The number of hydrogen-bond acceptors (Lipinski definition) is 25. The molecule has 38 heteroatoms. The van der Waals surface area contributed by atoms with Gasteiger partial charge in [-0.25, -0.2) is 30.0 Å². The number of aryl methyl sites for hydroxylation is 1. The molecule has 2 amide bonds. The van der Waals surface area contributed by atoms with Crippen LogP contribution >= 0.6 is 46.4 Å². The molecule has 0 spiro atoms. The quantitative estimate of drug-likeness (QED) is 0.0134. The number of carbonyl (C=O) groups is 3. The number of benzene rings is 4. The van der Waals surface area contributed by atoms with Gasteiger partial charge in [0.1, 0.15) is 6.07 Å². The van der Waals surface area contributed by atoms with E-state index >= 15 is 0 Å². The number of nitrogens with one attached hydrogen (secondary N) is 7. The number of imide groups is 1.